The number of aromatic nitrogens is 4. The van der Waals surface area contributed by atoms with E-state index in [0.29, 0.717) is 5.95 Å². The summed E-state index contributed by atoms with van der Waals surface area (Å²) in [5.41, 5.74) is 11.0. The quantitative estimate of drug-likeness (QED) is 0.188. The molecule has 0 N–H and O–H groups in total. The van der Waals surface area contributed by atoms with E-state index in [0.717, 1.165) is 44.4 Å². The molecule has 0 fully saturated rings. The van der Waals surface area contributed by atoms with Crippen molar-refractivity contribution in [1.82, 2.24) is 19.1 Å². The summed E-state index contributed by atoms with van der Waals surface area (Å²) in [6, 6.07) is 64.9. The molecule has 3 aromatic heterocycles. The fourth-order valence-electron chi connectivity index (χ4n) is 8.17. The van der Waals surface area contributed by atoms with E-state index in [-0.39, 0.29) is 0 Å². The van der Waals surface area contributed by atoms with E-state index in [9.17, 15) is 0 Å². The van der Waals surface area contributed by atoms with Crippen LogP contribution in [0.3, 0.4) is 0 Å². The molecule has 0 radical (unpaired) electrons. The minimum Gasteiger partial charge on any atom is -0.309 e. The third-order valence-electron chi connectivity index (χ3n) is 10.5. The Kier molecular flexibility index (Phi) is 6.22. The van der Waals surface area contributed by atoms with Crippen molar-refractivity contribution in [3.8, 4) is 34.0 Å². The first-order valence-corrected chi connectivity index (χ1v) is 17.7. The summed E-state index contributed by atoms with van der Waals surface area (Å²) in [6.07, 6.45) is 0. The molecule has 0 aliphatic heterocycles. The van der Waals surface area contributed by atoms with Crippen LogP contribution < -0.4 is 0 Å². The molecule has 11 aromatic rings. The lowest BCUT2D eigenvalue weighted by molar-refractivity contribution is 1.01. The molecule has 52 heavy (non-hydrogen) atoms. The van der Waals surface area contributed by atoms with Gasteiger partial charge in [-0.3, -0.25) is 4.57 Å². The summed E-state index contributed by atoms with van der Waals surface area (Å²) >= 11 is 0. The lowest BCUT2D eigenvalue weighted by Gasteiger charge is -2.12. The molecular weight excluding hydrogens is 633 g/mol. The Morgan fingerprint density at radius 1 is 0.346 bits per heavy atom. The molecule has 8 aromatic carbocycles. The highest BCUT2D eigenvalue weighted by Crippen LogP contribution is 2.39. The number of hydrogen-bond acceptors (Lipinski definition) is 2. The third kappa shape index (κ3) is 4.28. The Morgan fingerprint density at radius 3 is 1.77 bits per heavy atom. The van der Waals surface area contributed by atoms with Gasteiger partial charge in [-0.25, -0.2) is 9.97 Å². The first-order chi connectivity index (χ1) is 25.8. The van der Waals surface area contributed by atoms with Crippen LogP contribution in [-0.4, -0.2) is 19.1 Å². The van der Waals surface area contributed by atoms with Crippen LogP contribution in [0.4, 0.5) is 0 Å². The first kappa shape index (κ1) is 28.8. The SMILES string of the molecule is c1ccc(-c2ccc(-n3c4ccccc4c4cc(-c5nc(-n6c7ccccc7c7c8ccccc8ccc76)nc6ccccc56)ccc43)cc2)cc1. The highest BCUT2D eigenvalue weighted by molar-refractivity contribution is 6.21. The second-order valence-corrected chi connectivity index (χ2v) is 13.4. The Labute approximate surface area is 299 Å². The highest BCUT2D eigenvalue weighted by Gasteiger charge is 2.20. The van der Waals surface area contributed by atoms with Crippen LogP contribution in [-0.2, 0) is 0 Å². The second kappa shape index (κ2) is 11.2. The maximum atomic E-state index is 5.43. The number of nitrogens with zero attached hydrogens (tertiary/aromatic N) is 4. The van der Waals surface area contributed by atoms with E-state index in [1.807, 2.05) is 0 Å². The van der Waals surface area contributed by atoms with Crippen LogP contribution in [0.1, 0.15) is 0 Å². The molecule has 0 unspecified atom stereocenters. The second-order valence-electron chi connectivity index (χ2n) is 13.4. The number of para-hydroxylation sites is 3. The minimum absolute atomic E-state index is 0.663. The lowest BCUT2D eigenvalue weighted by atomic mass is 10.0. The predicted octanol–water partition coefficient (Wildman–Crippen LogP) is 12.3. The van der Waals surface area contributed by atoms with E-state index in [4.69, 9.17) is 9.97 Å². The standard InChI is InChI=1S/C48H30N4/c1-2-12-31(13-3-1)32-22-26-35(27-23-32)51-42-20-10-7-16-37(42)40-30-34(25-28-44(40)51)47-38-17-6-9-19-41(38)49-48(50-47)52-43-21-11-8-18-39(43)46-36-15-5-4-14-33(36)24-29-45(46)52/h1-30H. The van der Waals surface area contributed by atoms with Crippen molar-refractivity contribution in [1.29, 1.82) is 0 Å². The number of fused-ring (bicyclic) bond motifs is 9. The van der Waals surface area contributed by atoms with E-state index in [1.54, 1.807) is 0 Å². The average molecular weight is 663 g/mol. The predicted molar refractivity (Wildman–Crippen MR) is 217 cm³/mol. The van der Waals surface area contributed by atoms with Crippen LogP contribution in [0.2, 0.25) is 0 Å². The van der Waals surface area contributed by atoms with Crippen molar-refractivity contribution in [3.05, 3.63) is 182 Å². The van der Waals surface area contributed by atoms with Crippen molar-refractivity contribution in [2.75, 3.05) is 0 Å². The largest absolute Gasteiger partial charge is 0.309 e. The van der Waals surface area contributed by atoms with Crippen molar-refractivity contribution in [3.63, 3.8) is 0 Å². The average Bonchev–Trinajstić information content (AvgIpc) is 3.74. The van der Waals surface area contributed by atoms with Crippen LogP contribution >= 0.6 is 0 Å². The fourth-order valence-corrected chi connectivity index (χ4v) is 8.17. The van der Waals surface area contributed by atoms with Gasteiger partial charge in [-0.2, -0.15) is 0 Å². The van der Waals surface area contributed by atoms with Crippen molar-refractivity contribution < 1.29 is 0 Å². The summed E-state index contributed by atoms with van der Waals surface area (Å²) in [5.74, 6) is 0.663. The number of benzene rings is 8. The molecule has 0 aliphatic rings. The Hall–Kier alpha value is -7.04. The Morgan fingerprint density at radius 2 is 0.942 bits per heavy atom. The summed E-state index contributed by atoms with van der Waals surface area (Å²) in [7, 11) is 0. The molecule has 0 atom stereocenters. The monoisotopic (exact) mass is 662 g/mol. The molecule has 3 heterocycles. The normalized spacial score (nSPS) is 11.8. The van der Waals surface area contributed by atoms with Gasteiger partial charge >= 0.3 is 0 Å². The molecule has 4 heteroatoms. The molecule has 0 saturated carbocycles. The Balaban J connectivity index is 1.13. The molecule has 242 valence electrons. The molecule has 0 amide bonds. The van der Waals surface area contributed by atoms with Gasteiger partial charge in [0.1, 0.15) is 0 Å². The van der Waals surface area contributed by atoms with Gasteiger partial charge < -0.3 is 4.57 Å². The van der Waals surface area contributed by atoms with Crippen molar-refractivity contribution >= 4 is 65.3 Å². The number of rotatable bonds is 4. The maximum absolute atomic E-state index is 5.43. The molecule has 11 rings (SSSR count). The van der Waals surface area contributed by atoms with Crippen LogP contribution in [0, 0.1) is 0 Å². The van der Waals surface area contributed by atoms with Gasteiger partial charge in [-0.15, -0.1) is 0 Å². The smallest absolute Gasteiger partial charge is 0.235 e. The van der Waals surface area contributed by atoms with Gasteiger partial charge in [0.2, 0.25) is 5.95 Å². The molecule has 0 aliphatic carbocycles. The zero-order valence-corrected chi connectivity index (χ0v) is 28.1. The van der Waals surface area contributed by atoms with E-state index in [2.05, 4.69) is 191 Å². The van der Waals surface area contributed by atoms with Gasteiger partial charge in [0.15, 0.2) is 0 Å². The zero-order valence-electron chi connectivity index (χ0n) is 28.1. The summed E-state index contributed by atoms with van der Waals surface area (Å²) < 4.78 is 4.60. The van der Waals surface area contributed by atoms with Gasteiger partial charge in [0, 0.05) is 38.2 Å². The van der Waals surface area contributed by atoms with Gasteiger partial charge in [-0.05, 0) is 70.4 Å². The minimum atomic E-state index is 0.663. The van der Waals surface area contributed by atoms with Crippen LogP contribution in [0.15, 0.2) is 182 Å². The third-order valence-corrected chi connectivity index (χ3v) is 10.5. The fraction of sp³-hybridized carbons (Fsp3) is 0. The van der Waals surface area contributed by atoms with Crippen LogP contribution in [0.5, 0.6) is 0 Å². The Bertz CT molecular complexity index is 3170. The zero-order chi connectivity index (χ0) is 34.2. The molecule has 0 spiro atoms. The molecule has 4 nitrogen and oxygen atoms in total. The highest BCUT2D eigenvalue weighted by atomic mass is 15.2. The molecule has 0 saturated heterocycles. The number of hydrogen-bond donors (Lipinski definition) is 0. The maximum Gasteiger partial charge on any atom is 0.235 e. The van der Waals surface area contributed by atoms with Crippen molar-refractivity contribution in [2.24, 2.45) is 0 Å². The summed E-state index contributed by atoms with van der Waals surface area (Å²) in [6.45, 7) is 0. The lowest BCUT2D eigenvalue weighted by Crippen LogP contribution is -2.03. The topological polar surface area (TPSA) is 35.6 Å². The summed E-state index contributed by atoms with van der Waals surface area (Å²) in [4.78, 5) is 10.6. The van der Waals surface area contributed by atoms with E-state index < -0.39 is 0 Å². The molecular formula is C48H30N4. The van der Waals surface area contributed by atoms with E-state index in [1.165, 1.54) is 49.0 Å². The van der Waals surface area contributed by atoms with Crippen molar-refractivity contribution in [2.45, 2.75) is 0 Å². The molecule has 0 bridgehead atoms. The summed E-state index contributed by atoms with van der Waals surface area (Å²) in [5, 5.41) is 8.28. The van der Waals surface area contributed by atoms with Gasteiger partial charge in [0.05, 0.1) is 33.3 Å². The van der Waals surface area contributed by atoms with E-state index >= 15 is 0 Å². The van der Waals surface area contributed by atoms with Gasteiger partial charge in [0.25, 0.3) is 0 Å². The van der Waals surface area contributed by atoms with Gasteiger partial charge in [-0.1, -0.05) is 133 Å². The first-order valence-electron chi connectivity index (χ1n) is 17.7. The van der Waals surface area contributed by atoms with Crippen LogP contribution in [0.25, 0.3) is 99.3 Å².